The van der Waals surface area contributed by atoms with E-state index >= 15 is 0 Å². The van der Waals surface area contributed by atoms with Gasteiger partial charge in [0.2, 0.25) is 5.95 Å². The summed E-state index contributed by atoms with van der Waals surface area (Å²) in [5.74, 6) is 0.215. The number of aromatic nitrogens is 2. The smallest absolute Gasteiger partial charge is 0.270 e. The molecule has 0 aliphatic carbocycles. The quantitative estimate of drug-likeness (QED) is 0.777. The highest BCUT2D eigenvalue weighted by molar-refractivity contribution is 6.35. The number of hydrogen-bond acceptors (Lipinski definition) is 4. The Balaban J connectivity index is 1.93. The van der Waals surface area contributed by atoms with Gasteiger partial charge in [0.25, 0.3) is 5.91 Å². The van der Waals surface area contributed by atoms with Crippen molar-refractivity contribution < 1.29 is 4.79 Å². The van der Waals surface area contributed by atoms with Gasteiger partial charge in [0.15, 0.2) is 0 Å². The van der Waals surface area contributed by atoms with Crippen molar-refractivity contribution in [3.8, 4) is 0 Å². The molecule has 0 spiro atoms. The summed E-state index contributed by atoms with van der Waals surface area (Å²) in [7, 11) is 0. The number of hydrogen-bond donors (Lipinski definition) is 2. The number of carbonyl (C=O) groups excluding carboxylic acids is 1. The molecule has 0 saturated carbocycles. The zero-order chi connectivity index (χ0) is 17.5. The molecule has 0 fully saturated rings. The molecule has 24 heavy (non-hydrogen) atoms. The van der Waals surface area contributed by atoms with Gasteiger partial charge in [-0.25, -0.2) is 9.97 Å². The van der Waals surface area contributed by atoms with E-state index in [4.69, 9.17) is 23.2 Å². The number of halogens is 2. The maximum Gasteiger partial charge on any atom is 0.270 e. The van der Waals surface area contributed by atoms with Gasteiger partial charge in [0, 0.05) is 28.8 Å². The monoisotopic (exact) mass is 366 g/mol. The number of amides is 1. The van der Waals surface area contributed by atoms with Crippen molar-refractivity contribution in [2.75, 3.05) is 11.9 Å². The molecule has 1 heterocycles. The number of carbonyl (C=O) groups is 1. The van der Waals surface area contributed by atoms with Crippen molar-refractivity contribution in [3.63, 3.8) is 0 Å². The molecule has 0 saturated heterocycles. The lowest BCUT2D eigenvalue weighted by molar-refractivity contribution is 0.0934. The molecule has 1 atom stereocenters. The number of nitrogens with zero attached hydrogens (tertiary/aromatic N) is 2. The Morgan fingerprint density at radius 1 is 1.29 bits per heavy atom. The molecule has 2 N–H and O–H groups in total. The van der Waals surface area contributed by atoms with Crippen LogP contribution in [0.4, 0.5) is 5.95 Å². The highest BCUT2D eigenvalue weighted by atomic mass is 35.5. The van der Waals surface area contributed by atoms with Gasteiger partial charge in [-0.15, -0.1) is 0 Å². The predicted molar refractivity (Wildman–Crippen MR) is 97.9 cm³/mol. The zero-order valence-corrected chi connectivity index (χ0v) is 15.2. The van der Waals surface area contributed by atoms with Crippen LogP contribution in [0, 0.1) is 0 Å². The third-order valence-electron chi connectivity index (χ3n) is 3.57. The molecule has 0 aliphatic heterocycles. The number of benzene rings is 1. The van der Waals surface area contributed by atoms with Gasteiger partial charge in [-0.2, -0.15) is 0 Å². The van der Waals surface area contributed by atoms with Gasteiger partial charge >= 0.3 is 0 Å². The molecule has 0 radical (unpaired) electrons. The van der Waals surface area contributed by atoms with Crippen molar-refractivity contribution in [2.24, 2.45) is 0 Å². The summed E-state index contributed by atoms with van der Waals surface area (Å²) in [6, 6.07) is 7.12. The van der Waals surface area contributed by atoms with Crippen LogP contribution in [0.5, 0.6) is 0 Å². The predicted octanol–water partition coefficient (Wildman–Crippen LogP) is 3.97. The standard InChI is InChI=1S/C17H20Cl2N4O/c1-3-11(2)22-16(24)15-7-9-21-17(23-15)20-8-6-12-4-5-13(18)10-14(12)19/h4-5,7,9-11H,3,6,8H2,1-2H3,(H,22,24)(H,20,21,23). The highest BCUT2D eigenvalue weighted by Gasteiger charge is 2.11. The van der Waals surface area contributed by atoms with E-state index in [9.17, 15) is 4.79 Å². The Bertz CT molecular complexity index is 709. The third-order valence-corrected chi connectivity index (χ3v) is 4.16. The lowest BCUT2D eigenvalue weighted by atomic mass is 10.1. The fourth-order valence-electron chi connectivity index (χ4n) is 2.00. The van der Waals surface area contributed by atoms with Crippen LogP contribution in [0.15, 0.2) is 30.5 Å². The third kappa shape index (κ3) is 5.35. The molecule has 5 nitrogen and oxygen atoms in total. The minimum atomic E-state index is -0.199. The molecule has 1 aromatic carbocycles. The van der Waals surface area contributed by atoms with E-state index in [0.29, 0.717) is 34.7 Å². The van der Waals surface area contributed by atoms with Crippen LogP contribution in [0.2, 0.25) is 10.0 Å². The minimum Gasteiger partial charge on any atom is -0.354 e. The van der Waals surface area contributed by atoms with Crippen molar-refractivity contribution in [3.05, 3.63) is 51.8 Å². The van der Waals surface area contributed by atoms with Gasteiger partial charge in [-0.3, -0.25) is 4.79 Å². The molecule has 1 amide bonds. The number of anilines is 1. The molecule has 0 aliphatic rings. The van der Waals surface area contributed by atoms with Crippen LogP contribution >= 0.6 is 23.2 Å². The summed E-state index contributed by atoms with van der Waals surface area (Å²) in [5.41, 5.74) is 1.33. The van der Waals surface area contributed by atoms with Gasteiger partial charge < -0.3 is 10.6 Å². The van der Waals surface area contributed by atoms with E-state index in [-0.39, 0.29) is 11.9 Å². The van der Waals surface area contributed by atoms with Crippen molar-refractivity contribution in [1.82, 2.24) is 15.3 Å². The minimum absolute atomic E-state index is 0.107. The Kier molecular flexibility index (Phi) is 6.82. The van der Waals surface area contributed by atoms with Gasteiger partial charge in [-0.1, -0.05) is 36.2 Å². The molecule has 2 aromatic rings. The molecule has 2 rings (SSSR count). The first kappa shape index (κ1) is 18.5. The number of nitrogens with one attached hydrogen (secondary N) is 2. The Hall–Kier alpha value is -1.85. The topological polar surface area (TPSA) is 66.9 Å². The number of rotatable bonds is 7. The van der Waals surface area contributed by atoms with E-state index in [2.05, 4.69) is 20.6 Å². The second-order valence-electron chi connectivity index (χ2n) is 5.46. The van der Waals surface area contributed by atoms with E-state index in [1.807, 2.05) is 19.9 Å². The van der Waals surface area contributed by atoms with E-state index in [1.165, 1.54) is 0 Å². The largest absolute Gasteiger partial charge is 0.354 e. The lowest BCUT2D eigenvalue weighted by Gasteiger charge is -2.11. The van der Waals surface area contributed by atoms with Crippen LogP contribution in [-0.4, -0.2) is 28.5 Å². The fraction of sp³-hybridized carbons (Fsp3) is 0.353. The Morgan fingerprint density at radius 3 is 2.79 bits per heavy atom. The molecule has 1 aromatic heterocycles. The summed E-state index contributed by atoms with van der Waals surface area (Å²) in [6.45, 7) is 4.56. The summed E-state index contributed by atoms with van der Waals surface area (Å²) >= 11 is 12.0. The summed E-state index contributed by atoms with van der Waals surface area (Å²) in [6.07, 6.45) is 3.13. The van der Waals surface area contributed by atoms with Gasteiger partial charge in [-0.05, 0) is 43.5 Å². The van der Waals surface area contributed by atoms with E-state index in [1.54, 1.807) is 24.4 Å². The molecule has 0 bridgehead atoms. The second-order valence-corrected chi connectivity index (χ2v) is 6.30. The first-order valence-corrected chi connectivity index (χ1v) is 8.57. The first-order valence-electron chi connectivity index (χ1n) is 7.81. The molecular weight excluding hydrogens is 347 g/mol. The first-order chi connectivity index (χ1) is 11.5. The summed E-state index contributed by atoms with van der Waals surface area (Å²) < 4.78 is 0. The molecule has 7 heteroatoms. The Labute approximate surface area is 151 Å². The normalized spacial score (nSPS) is 11.8. The fourth-order valence-corrected chi connectivity index (χ4v) is 2.51. The SMILES string of the molecule is CCC(C)NC(=O)c1ccnc(NCCc2ccc(Cl)cc2Cl)n1. The van der Waals surface area contributed by atoms with Gasteiger partial charge in [0.05, 0.1) is 0 Å². The zero-order valence-electron chi connectivity index (χ0n) is 13.6. The second kappa shape index (κ2) is 8.85. The van der Waals surface area contributed by atoms with Crippen LogP contribution in [0.1, 0.15) is 36.3 Å². The van der Waals surface area contributed by atoms with E-state index < -0.39 is 0 Å². The molecule has 128 valence electrons. The average molecular weight is 367 g/mol. The van der Waals surface area contributed by atoms with Crippen LogP contribution in [-0.2, 0) is 6.42 Å². The summed E-state index contributed by atoms with van der Waals surface area (Å²) in [5, 5.41) is 7.23. The van der Waals surface area contributed by atoms with E-state index in [0.717, 1.165) is 12.0 Å². The van der Waals surface area contributed by atoms with Crippen molar-refractivity contribution in [1.29, 1.82) is 0 Å². The van der Waals surface area contributed by atoms with Crippen molar-refractivity contribution in [2.45, 2.75) is 32.7 Å². The molecule has 1 unspecified atom stereocenters. The average Bonchev–Trinajstić information content (AvgIpc) is 2.57. The lowest BCUT2D eigenvalue weighted by Crippen LogP contribution is -2.32. The van der Waals surface area contributed by atoms with Gasteiger partial charge in [0.1, 0.15) is 5.69 Å². The Morgan fingerprint density at radius 2 is 2.08 bits per heavy atom. The van der Waals surface area contributed by atoms with Crippen LogP contribution < -0.4 is 10.6 Å². The maximum absolute atomic E-state index is 12.1. The summed E-state index contributed by atoms with van der Waals surface area (Å²) in [4.78, 5) is 20.5. The van der Waals surface area contributed by atoms with Crippen molar-refractivity contribution >= 4 is 35.1 Å². The highest BCUT2D eigenvalue weighted by Crippen LogP contribution is 2.21. The van der Waals surface area contributed by atoms with Crippen LogP contribution in [0.3, 0.4) is 0 Å². The van der Waals surface area contributed by atoms with Crippen LogP contribution in [0.25, 0.3) is 0 Å². The molecular formula is C17H20Cl2N4O. The maximum atomic E-state index is 12.1.